The molecule has 0 radical (unpaired) electrons. The largest absolute Gasteiger partial charge is 0.306 e. The summed E-state index contributed by atoms with van der Waals surface area (Å²) in [5.41, 5.74) is 0.814. The van der Waals surface area contributed by atoms with Gasteiger partial charge in [-0.15, -0.1) is 0 Å². The maximum atomic E-state index is 12.4. The molecule has 0 aromatic heterocycles. The summed E-state index contributed by atoms with van der Waals surface area (Å²) in [5.74, 6) is 2.20. The molecule has 92 valence electrons. The van der Waals surface area contributed by atoms with Crippen LogP contribution in [0, 0.1) is 0 Å². The number of benzene rings is 2. The minimum absolute atomic E-state index is 0.0232. The Morgan fingerprint density at radius 3 is 2.78 bits per heavy atom. The second-order valence-corrected chi connectivity index (χ2v) is 5.66. The molecule has 2 aromatic carbocycles. The van der Waals surface area contributed by atoms with E-state index in [1.54, 1.807) is 0 Å². The number of hydrogen-bond acceptors (Lipinski definition) is 3. The smallest absolute Gasteiger partial charge is 0.180 e. The van der Waals surface area contributed by atoms with E-state index in [0.717, 1.165) is 29.0 Å². The highest BCUT2D eigenvalue weighted by Gasteiger charge is 2.22. The highest BCUT2D eigenvalue weighted by Crippen LogP contribution is 2.18. The Hall–Kier alpha value is -1.32. The molecule has 1 unspecified atom stereocenters. The van der Waals surface area contributed by atoms with Crippen molar-refractivity contribution in [2.45, 2.75) is 6.04 Å². The van der Waals surface area contributed by atoms with Gasteiger partial charge in [0.2, 0.25) is 0 Å². The monoisotopic (exact) mass is 257 g/mol. The lowest BCUT2D eigenvalue weighted by molar-refractivity contribution is 0.0953. The Balaban J connectivity index is 1.91. The zero-order valence-corrected chi connectivity index (χ0v) is 10.9. The molecule has 18 heavy (non-hydrogen) atoms. The molecule has 1 atom stereocenters. The summed E-state index contributed by atoms with van der Waals surface area (Å²) in [5, 5.41) is 5.61. The lowest BCUT2D eigenvalue weighted by Crippen LogP contribution is -2.43. The van der Waals surface area contributed by atoms with Gasteiger partial charge in [0.1, 0.15) is 0 Å². The third-order valence-electron chi connectivity index (χ3n) is 3.27. The minimum atomic E-state index is -0.0232. The molecule has 0 saturated carbocycles. The Bertz CT molecular complexity index is 575. The number of rotatable bonds is 2. The summed E-state index contributed by atoms with van der Waals surface area (Å²) in [6, 6.07) is 14.1. The second-order valence-electron chi connectivity index (χ2n) is 4.51. The second kappa shape index (κ2) is 5.12. The van der Waals surface area contributed by atoms with Crippen molar-refractivity contribution in [1.29, 1.82) is 0 Å². The van der Waals surface area contributed by atoms with Gasteiger partial charge in [0.25, 0.3) is 0 Å². The SMILES string of the molecule is O=C(c1ccc2ccccc2c1)C1CSCCN1. The van der Waals surface area contributed by atoms with Gasteiger partial charge in [-0.25, -0.2) is 0 Å². The van der Waals surface area contributed by atoms with Gasteiger partial charge < -0.3 is 5.32 Å². The molecular weight excluding hydrogens is 242 g/mol. The first kappa shape index (κ1) is 11.8. The third-order valence-corrected chi connectivity index (χ3v) is 4.33. The Morgan fingerprint density at radius 1 is 1.17 bits per heavy atom. The maximum absolute atomic E-state index is 12.4. The van der Waals surface area contributed by atoms with Crippen LogP contribution in [0.15, 0.2) is 42.5 Å². The molecule has 1 saturated heterocycles. The minimum Gasteiger partial charge on any atom is -0.306 e. The molecule has 2 nitrogen and oxygen atoms in total. The van der Waals surface area contributed by atoms with Crippen molar-refractivity contribution in [3.05, 3.63) is 48.0 Å². The summed E-state index contributed by atoms with van der Waals surface area (Å²) < 4.78 is 0. The molecule has 3 heteroatoms. The number of fused-ring (bicyclic) bond motifs is 1. The molecule has 0 bridgehead atoms. The third kappa shape index (κ3) is 2.28. The molecule has 3 rings (SSSR count). The van der Waals surface area contributed by atoms with E-state index in [9.17, 15) is 4.79 Å². The Morgan fingerprint density at radius 2 is 2.00 bits per heavy atom. The van der Waals surface area contributed by atoms with E-state index >= 15 is 0 Å². The van der Waals surface area contributed by atoms with Gasteiger partial charge in [-0.1, -0.05) is 36.4 Å². The van der Waals surface area contributed by atoms with Crippen LogP contribution in [0.1, 0.15) is 10.4 Å². The van der Waals surface area contributed by atoms with Crippen molar-refractivity contribution in [1.82, 2.24) is 5.32 Å². The van der Waals surface area contributed by atoms with Gasteiger partial charge in [-0.2, -0.15) is 11.8 Å². The molecule has 1 aliphatic rings. The van der Waals surface area contributed by atoms with Crippen molar-refractivity contribution in [3.63, 3.8) is 0 Å². The average molecular weight is 257 g/mol. The fourth-order valence-corrected chi connectivity index (χ4v) is 3.21. The molecule has 1 aliphatic heterocycles. The first-order chi connectivity index (χ1) is 8.84. The number of carbonyl (C=O) groups is 1. The zero-order valence-electron chi connectivity index (χ0n) is 10.1. The zero-order chi connectivity index (χ0) is 12.4. The van der Waals surface area contributed by atoms with Gasteiger partial charge in [0.15, 0.2) is 5.78 Å². The predicted molar refractivity (Wildman–Crippen MR) is 77.4 cm³/mol. The van der Waals surface area contributed by atoms with Crippen LogP contribution >= 0.6 is 11.8 Å². The van der Waals surface area contributed by atoms with Gasteiger partial charge in [-0.3, -0.25) is 4.79 Å². The lowest BCUT2D eigenvalue weighted by Gasteiger charge is -2.22. The first-order valence-electron chi connectivity index (χ1n) is 6.19. The van der Waals surface area contributed by atoms with Crippen LogP contribution in [-0.4, -0.2) is 29.9 Å². The molecule has 1 fully saturated rings. The van der Waals surface area contributed by atoms with Crippen molar-refractivity contribution < 1.29 is 4.79 Å². The topological polar surface area (TPSA) is 29.1 Å². The van der Waals surface area contributed by atoms with Crippen LogP contribution in [0.2, 0.25) is 0 Å². The number of nitrogens with one attached hydrogen (secondary N) is 1. The number of hydrogen-bond donors (Lipinski definition) is 1. The summed E-state index contributed by atoms with van der Waals surface area (Å²) in [6.45, 7) is 0.925. The van der Waals surface area contributed by atoms with Crippen molar-refractivity contribution in [2.75, 3.05) is 18.1 Å². The normalized spacial score (nSPS) is 19.9. The first-order valence-corrected chi connectivity index (χ1v) is 7.34. The fraction of sp³-hybridized carbons (Fsp3) is 0.267. The highest BCUT2D eigenvalue weighted by atomic mass is 32.2. The predicted octanol–water partition coefficient (Wildman–Crippen LogP) is 2.73. The number of ketones is 1. The lowest BCUT2D eigenvalue weighted by atomic mass is 10.0. The maximum Gasteiger partial charge on any atom is 0.180 e. The van der Waals surface area contributed by atoms with E-state index in [1.807, 2.05) is 42.1 Å². The van der Waals surface area contributed by atoms with Gasteiger partial charge in [-0.05, 0) is 16.8 Å². The Labute approximate surface area is 111 Å². The van der Waals surface area contributed by atoms with E-state index in [4.69, 9.17) is 0 Å². The van der Waals surface area contributed by atoms with Crippen molar-refractivity contribution in [2.24, 2.45) is 0 Å². The number of carbonyl (C=O) groups excluding carboxylic acids is 1. The fourth-order valence-electron chi connectivity index (χ4n) is 2.28. The Kier molecular flexibility index (Phi) is 3.35. The van der Waals surface area contributed by atoms with Crippen LogP contribution < -0.4 is 5.32 Å². The van der Waals surface area contributed by atoms with Crippen LogP contribution in [0.4, 0.5) is 0 Å². The van der Waals surface area contributed by atoms with E-state index in [0.29, 0.717) is 0 Å². The molecule has 0 amide bonds. The highest BCUT2D eigenvalue weighted by molar-refractivity contribution is 7.99. The summed E-state index contributed by atoms with van der Waals surface area (Å²) >= 11 is 1.85. The number of thioether (sulfide) groups is 1. The van der Waals surface area contributed by atoms with E-state index in [2.05, 4.69) is 17.4 Å². The standard InChI is InChI=1S/C15H15NOS/c17-15(14-10-18-8-7-16-14)13-6-5-11-3-1-2-4-12(11)9-13/h1-6,9,14,16H,7-8,10H2. The van der Waals surface area contributed by atoms with Gasteiger partial charge in [0, 0.05) is 23.6 Å². The average Bonchev–Trinajstić information content (AvgIpc) is 2.47. The summed E-state index contributed by atoms with van der Waals surface area (Å²) in [6.07, 6.45) is 0. The molecule has 1 N–H and O–H groups in total. The van der Waals surface area contributed by atoms with Crippen molar-refractivity contribution in [3.8, 4) is 0 Å². The molecule has 1 heterocycles. The van der Waals surface area contributed by atoms with Crippen molar-refractivity contribution >= 4 is 28.3 Å². The van der Waals surface area contributed by atoms with Crippen LogP contribution in [-0.2, 0) is 0 Å². The molecular formula is C15H15NOS. The summed E-state index contributed by atoms with van der Waals surface area (Å²) in [4.78, 5) is 12.4. The number of Topliss-reactive ketones (excluding diaryl/α,β-unsaturated/α-hetero) is 1. The van der Waals surface area contributed by atoms with Crippen LogP contribution in [0.3, 0.4) is 0 Å². The van der Waals surface area contributed by atoms with E-state index in [-0.39, 0.29) is 11.8 Å². The molecule has 2 aromatic rings. The van der Waals surface area contributed by atoms with Crippen LogP contribution in [0.25, 0.3) is 10.8 Å². The van der Waals surface area contributed by atoms with Crippen LogP contribution in [0.5, 0.6) is 0 Å². The van der Waals surface area contributed by atoms with Gasteiger partial charge in [0.05, 0.1) is 6.04 Å². The van der Waals surface area contributed by atoms with E-state index in [1.165, 1.54) is 5.39 Å². The molecule has 0 spiro atoms. The molecule has 0 aliphatic carbocycles. The summed E-state index contributed by atoms with van der Waals surface area (Å²) in [7, 11) is 0. The van der Waals surface area contributed by atoms with Gasteiger partial charge >= 0.3 is 0 Å². The quantitative estimate of drug-likeness (QED) is 0.839. The van der Waals surface area contributed by atoms with E-state index < -0.39 is 0 Å².